The van der Waals surface area contributed by atoms with E-state index in [9.17, 15) is 4.79 Å². The quantitative estimate of drug-likeness (QED) is 0.418. The number of ether oxygens (including phenoxy) is 2. The summed E-state index contributed by atoms with van der Waals surface area (Å²) in [6.07, 6.45) is 1.55. The summed E-state index contributed by atoms with van der Waals surface area (Å²) in [6.45, 7) is 3.51. The van der Waals surface area contributed by atoms with Gasteiger partial charge in [0.25, 0.3) is 5.91 Å². The number of nitrogens with zero attached hydrogens (tertiary/aromatic N) is 2. The number of carbonyl (C=O) groups is 1. The number of halogens is 3. The first kappa shape index (κ1) is 22.2. The summed E-state index contributed by atoms with van der Waals surface area (Å²) >= 11 is 13.3. The van der Waals surface area contributed by atoms with E-state index in [0.717, 1.165) is 28.7 Å². The van der Waals surface area contributed by atoms with Gasteiger partial charge in [0.1, 0.15) is 6.61 Å². The molecule has 0 bridgehead atoms. The highest BCUT2D eigenvalue weighted by Gasteiger charge is 2.13. The topological polar surface area (TPSA) is 63.2 Å². The molecule has 154 valence electrons. The van der Waals surface area contributed by atoms with Gasteiger partial charge in [-0.15, -0.1) is 0 Å². The number of amides is 1. The molecule has 1 saturated heterocycles. The Balaban J connectivity index is 1.54. The molecule has 1 amide bonds. The molecule has 1 N–H and O–H groups in total. The van der Waals surface area contributed by atoms with Gasteiger partial charge in [-0.05, 0) is 51.3 Å². The Morgan fingerprint density at radius 1 is 1.24 bits per heavy atom. The number of hydrogen-bond donors (Lipinski definition) is 1. The van der Waals surface area contributed by atoms with Gasteiger partial charge in [-0.3, -0.25) is 9.69 Å². The van der Waals surface area contributed by atoms with Crippen molar-refractivity contribution in [3.63, 3.8) is 0 Å². The molecule has 1 fully saturated rings. The average Bonchev–Trinajstić information content (AvgIpc) is 2.69. The van der Waals surface area contributed by atoms with Crippen LogP contribution in [-0.4, -0.2) is 49.9 Å². The van der Waals surface area contributed by atoms with Gasteiger partial charge in [-0.1, -0.05) is 39.7 Å². The largest absolute Gasteiger partial charge is 0.486 e. The molecule has 6 nitrogen and oxygen atoms in total. The van der Waals surface area contributed by atoms with E-state index in [0.29, 0.717) is 41.6 Å². The minimum Gasteiger partial charge on any atom is -0.486 e. The molecule has 0 aliphatic carbocycles. The molecule has 2 aromatic carbocycles. The smallest absolute Gasteiger partial charge is 0.254 e. The van der Waals surface area contributed by atoms with Crippen LogP contribution in [0, 0.1) is 0 Å². The first-order valence-corrected chi connectivity index (χ1v) is 11.0. The second-order valence-corrected chi connectivity index (χ2v) is 8.59. The maximum absolute atomic E-state index is 12.0. The minimum absolute atomic E-state index is 0.164. The van der Waals surface area contributed by atoms with Gasteiger partial charge < -0.3 is 9.47 Å². The summed E-state index contributed by atoms with van der Waals surface area (Å²) in [4.78, 5) is 14.0. The fourth-order valence-electron chi connectivity index (χ4n) is 2.70. The molecule has 0 saturated carbocycles. The second kappa shape index (κ2) is 11.1. The monoisotopic (exact) mass is 543 g/mol. The van der Waals surface area contributed by atoms with Crippen LogP contribution in [0.25, 0.3) is 0 Å². The van der Waals surface area contributed by atoms with Crippen LogP contribution < -0.4 is 10.2 Å². The van der Waals surface area contributed by atoms with Gasteiger partial charge >= 0.3 is 0 Å². The molecule has 1 aliphatic rings. The highest BCUT2D eigenvalue weighted by Crippen LogP contribution is 2.34. The van der Waals surface area contributed by atoms with E-state index in [1.807, 2.05) is 35.2 Å². The lowest BCUT2D eigenvalue weighted by atomic mass is 10.2. The van der Waals surface area contributed by atoms with Gasteiger partial charge in [0.2, 0.25) is 0 Å². The second-order valence-electron chi connectivity index (χ2n) is 6.41. The molecule has 29 heavy (non-hydrogen) atoms. The lowest BCUT2D eigenvalue weighted by Gasteiger charge is -2.25. The molecule has 9 heteroatoms. The van der Waals surface area contributed by atoms with Crippen LogP contribution >= 0.6 is 43.5 Å². The highest BCUT2D eigenvalue weighted by molar-refractivity contribution is 9.10. The Morgan fingerprint density at radius 2 is 1.97 bits per heavy atom. The molecule has 0 unspecified atom stereocenters. The molecular weight excluding hydrogens is 525 g/mol. The van der Waals surface area contributed by atoms with Gasteiger partial charge in [0, 0.05) is 17.6 Å². The van der Waals surface area contributed by atoms with E-state index >= 15 is 0 Å². The van der Waals surface area contributed by atoms with E-state index in [4.69, 9.17) is 21.1 Å². The summed E-state index contributed by atoms with van der Waals surface area (Å²) in [5.41, 5.74) is 4.31. The van der Waals surface area contributed by atoms with Crippen LogP contribution in [0.1, 0.15) is 11.1 Å². The molecule has 3 rings (SSSR count). The summed E-state index contributed by atoms with van der Waals surface area (Å²) in [5, 5.41) is 4.47. The summed E-state index contributed by atoms with van der Waals surface area (Å²) in [7, 11) is 0. The number of hydrazone groups is 1. The van der Waals surface area contributed by atoms with Crippen molar-refractivity contribution in [3.8, 4) is 5.75 Å². The number of hydrogen-bond acceptors (Lipinski definition) is 5. The predicted octanol–water partition coefficient (Wildman–Crippen LogP) is 4.23. The maximum atomic E-state index is 12.0. The molecule has 1 aliphatic heterocycles. The molecule has 2 aromatic rings. The van der Waals surface area contributed by atoms with E-state index < -0.39 is 0 Å². The van der Waals surface area contributed by atoms with Crippen molar-refractivity contribution in [1.82, 2.24) is 10.3 Å². The fraction of sp³-hybridized carbons (Fsp3) is 0.300. The molecule has 0 aromatic heterocycles. The zero-order valence-electron chi connectivity index (χ0n) is 15.5. The van der Waals surface area contributed by atoms with Crippen LogP contribution in [0.3, 0.4) is 0 Å². The van der Waals surface area contributed by atoms with Gasteiger partial charge in [0.15, 0.2) is 5.75 Å². The van der Waals surface area contributed by atoms with Crippen molar-refractivity contribution in [2.75, 3.05) is 32.8 Å². The van der Waals surface area contributed by atoms with Crippen LogP contribution in [0.4, 0.5) is 0 Å². The third-order valence-electron chi connectivity index (χ3n) is 4.19. The van der Waals surface area contributed by atoms with Crippen molar-refractivity contribution in [1.29, 1.82) is 0 Å². The summed E-state index contributed by atoms with van der Waals surface area (Å²) < 4.78 is 12.8. The van der Waals surface area contributed by atoms with Gasteiger partial charge in [0.05, 0.1) is 35.5 Å². The minimum atomic E-state index is -0.164. The van der Waals surface area contributed by atoms with E-state index in [1.165, 1.54) is 0 Å². The Morgan fingerprint density at radius 3 is 2.66 bits per heavy atom. The molecule has 0 radical (unpaired) electrons. The number of nitrogens with one attached hydrogen (secondary N) is 1. The molecule has 0 spiro atoms. The van der Waals surface area contributed by atoms with Crippen LogP contribution in [0.15, 0.2) is 50.4 Å². The predicted molar refractivity (Wildman–Crippen MR) is 121 cm³/mol. The van der Waals surface area contributed by atoms with Crippen molar-refractivity contribution in [3.05, 3.63) is 61.5 Å². The molecule has 0 atom stereocenters. The standard InChI is InChI=1S/C20H20Br2ClN3O3/c21-16-3-1-14(2-4-16)13-29-20-17(22)9-15(10-18(20)23)11-24-25-19(27)12-26-5-7-28-8-6-26/h1-4,9-11H,5-8,12-13H2,(H,25,27)/b24-11+. The maximum Gasteiger partial charge on any atom is 0.254 e. The molecule has 1 heterocycles. The number of benzene rings is 2. The zero-order valence-corrected chi connectivity index (χ0v) is 19.5. The molecular formula is C20H20Br2ClN3O3. The SMILES string of the molecule is O=C(CN1CCOCC1)N/N=C/c1cc(Cl)c(OCc2ccc(Br)cc2)c(Br)c1. The first-order valence-electron chi connectivity index (χ1n) is 8.99. The van der Waals surface area contributed by atoms with Crippen LogP contribution in [-0.2, 0) is 16.1 Å². The normalized spacial score (nSPS) is 14.9. The van der Waals surface area contributed by atoms with Crippen molar-refractivity contribution in [2.24, 2.45) is 5.10 Å². The Labute approximate surface area is 191 Å². The van der Waals surface area contributed by atoms with E-state index in [1.54, 1.807) is 12.3 Å². The number of carbonyl (C=O) groups excluding carboxylic acids is 1. The third kappa shape index (κ3) is 7.08. The highest BCUT2D eigenvalue weighted by atomic mass is 79.9. The van der Waals surface area contributed by atoms with E-state index in [-0.39, 0.29) is 5.91 Å². The number of rotatable bonds is 7. The van der Waals surface area contributed by atoms with Crippen LogP contribution in [0.2, 0.25) is 5.02 Å². The fourth-order valence-corrected chi connectivity index (χ4v) is 3.96. The average molecular weight is 546 g/mol. The lowest BCUT2D eigenvalue weighted by molar-refractivity contribution is -0.123. The zero-order chi connectivity index (χ0) is 20.6. The third-order valence-corrected chi connectivity index (χ3v) is 5.59. The van der Waals surface area contributed by atoms with E-state index in [2.05, 4.69) is 42.4 Å². The summed E-state index contributed by atoms with van der Waals surface area (Å²) in [6, 6.07) is 11.4. The Kier molecular flexibility index (Phi) is 8.50. The van der Waals surface area contributed by atoms with Crippen molar-refractivity contribution < 1.29 is 14.3 Å². The number of morpholine rings is 1. The van der Waals surface area contributed by atoms with Crippen LogP contribution in [0.5, 0.6) is 5.75 Å². The van der Waals surface area contributed by atoms with Gasteiger partial charge in [-0.25, -0.2) is 5.43 Å². The first-order chi connectivity index (χ1) is 14.0. The van der Waals surface area contributed by atoms with Crippen molar-refractivity contribution in [2.45, 2.75) is 6.61 Å². The van der Waals surface area contributed by atoms with Gasteiger partial charge in [-0.2, -0.15) is 5.10 Å². The Bertz CT molecular complexity index is 849. The lowest BCUT2D eigenvalue weighted by Crippen LogP contribution is -2.42. The Hall–Kier alpha value is -1.45. The summed E-state index contributed by atoms with van der Waals surface area (Å²) in [5.74, 6) is 0.394. The van der Waals surface area contributed by atoms with Crippen molar-refractivity contribution >= 4 is 55.6 Å².